The summed E-state index contributed by atoms with van der Waals surface area (Å²) in [5.74, 6) is -0.0295. The molecular formula is C16H14BrClO. The monoisotopic (exact) mass is 336 g/mol. The van der Waals surface area contributed by atoms with Crippen molar-refractivity contribution >= 4 is 33.3 Å². The number of aryl methyl sites for hydroxylation is 3. The summed E-state index contributed by atoms with van der Waals surface area (Å²) in [6, 6.07) is 9.30. The first kappa shape index (κ1) is 14.3. The van der Waals surface area contributed by atoms with Crippen LogP contribution in [0.15, 0.2) is 34.8 Å². The van der Waals surface area contributed by atoms with Crippen LogP contribution in [0.5, 0.6) is 0 Å². The Morgan fingerprint density at radius 1 is 0.947 bits per heavy atom. The fourth-order valence-corrected chi connectivity index (χ4v) is 2.78. The molecule has 0 saturated carbocycles. The molecule has 1 nitrogen and oxygen atoms in total. The summed E-state index contributed by atoms with van der Waals surface area (Å²) in [5.41, 5.74) is 4.54. The van der Waals surface area contributed by atoms with E-state index in [1.165, 1.54) is 5.56 Å². The highest BCUT2D eigenvalue weighted by Crippen LogP contribution is 2.26. The van der Waals surface area contributed by atoms with Crippen molar-refractivity contribution in [2.24, 2.45) is 0 Å². The maximum atomic E-state index is 12.6. The van der Waals surface area contributed by atoms with Gasteiger partial charge in [0.2, 0.25) is 0 Å². The van der Waals surface area contributed by atoms with Crippen LogP contribution in [0.4, 0.5) is 0 Å². The predicted molar refractivity (Wildman–Crippen MR) is 83.2 cm³/mol. The van der Waals surface area contributed by atoms with E-state index in [0.29, 0.717) is 16.1 Å². The third-order valence-corrected chi connectivity index (χ3v) is 4.07. The van der Waals surface area contributed by atoms with Crippen LogP contribution in [0, 0.1) is 20.8 Å². The van der Waals surface area contributed by atoms with Gasteiger partial charge < -0.3 is 0 Å². The van der Waals surface area contributed by atoms with Gasteiger partial charge in [0, 0.05) is 15.6 Å². The molecule has 2 aromatic carbocycles. The number of hydrogen-bond acceptors (Lipinski definition) is 1. The van der Waals surface area contributed by atoms with Crippen molar-refractivity contribution < 1.29 is 4.79 Å². The van der Waals surface area contributed by atoms with Crippen LogP contribution in [-0.4, -0.2) is 5.78 Å². The van der Waals surface area contributed by atoms with Gasteiger partial charge in [0.25, 0.3) is 0 Å². The highest BCUT2D eigenvalue weighted by Gasteiger charge is 2.16. The molecule has 0 atom stereocenters. The summed E-state index contributed by atoms with van der Waals surface area (Å²) < 4.78 is 0.867. The summed E-state index contributed by atoms with van der Waals surface area (Å²) in [6.07, 6.45) is 0. The molecule has 0 amide bonds. The molecule has 0 aromatic heterocycles. The lowest BCUT2D eigenvalue weighted by atomic mass is 9.95. The molecule has 0 aliphatic rings. The van der Waals surface area contributed by atoms with Gasteiger partial charge in [-0.25, -0.2) is 0 Å². The largest absolute Gasteiger partial charge is 0.289 e. The van der Waals surface area contributed by atoms with Crippen LogP contribution in [0.2, 0.25) is 5.02 Å². The molecule has 0 heterocycles. The number of ketones is 1. The van der Waals surface area contributed by atoms with Crippen LogP contribution in [0.1, 0.15) is 32.6 Å². The van der Waals surface area contributed by atoms with E-state index in [1.54, 1.807) is 12.1 Å². The molecule has 0 aliphatic heterocycles. The standard InChI is InChI=1S/C16H14BrClO/c1-9-6-11(3)14(7-10(9)2)16(19)13-5-4-12(17)8-15(13)18/h4-8H,1-3H3. The van der Waals surface area contributed by atoms with Crippen molar-refractivity contribution in [2.75, 3.05) is 0 Å². The second kappa shape index (κ2) is 5.48. The van der Waals surface area contributed by atoms with Crippen LogP contribution in [0.3, 0.4) is 0 Å². The Hall–Kier alpha value is -1.12. The number of halogens is 2. The van der Waals surface area contributed by atoms with Crippen molar-refractivity contribution in [2.45, 2.75) is 20.8 Å². The minimum atomic E-state index is -0.0295. The van der Waals surface area contributed by atoms with Crippen molar-refractivity contribution in [1.82, 2.24) is 0 Å². The normalized spacial score (nSPS) is 10.6. The van der Waals surface area contributed by atoms with E-state index in [-0.39, 0.29) is 5.78 Å². The Morgan fingerprint density at radius 2 is 1.58 bits per heavy atom. The van der Waals surface area contributed by atoms with Gasteiger partial charge in [-0.1, -0.05) is 33.6 Å². The molecule has 2 aromatic rings. The second-order valence-electron chi connectivity index (χ2n) is 4.70. The summed E-state index contributed by atoms with van der Waals surface area (Å²) in [4.78, 5) is 12.6. The molecule has 0 fully saturated rings. The van der Waals surface area contributed by atoms with Gasteiger partial charge in [0.1, 0.15) is 0 Å². The molecular weight excluding hydrogens is 324 g/mol. The van der Waals surface area contributed by atoms with Gasteiger partial charge in [-0.15, -0.1) is 0 Å². The topological polar surface area (TPSA) is 17.1 Å². The predicted octanol–water partition coefficient (Wildman–Crippen LogP) is 5.26. The van der Waals surface area contributed by atoms with E-state index in [9.17, 15) is 4.79 Å². The van der Waals surface area contributed by atoms with Crippen LogP contribution >= 0.6 is 27.5 Å². The average molecular weight is 338 g/mol. The maximum absolute atomic E-state index is 12.6. The molecule has 0 saturated heterocycles. The molecule has 3 heteroatoms. The summed E-state index contributed by atoms with van der Waals surface area (Å²) in [7, 11) is 0. The molecule has 0 unspecified atom stereocenters. The summed E-state index contributed by atoms with van der Waals surface area (Å²) in [5, 5.41) is 0.469. The highest BCUT2D eigenvalue weighted by atomic mass is 79.9. The van der Waals surface area contributed by atoms with Gasteiger partial charge >= 0.3 is 0 Å². The molecule has 0 N–H and O–H groups in total. The molecule has 0 aliphatic carbocycles. The Kier molecular flexibility index (Phi) is 4.12. The third kappa shape index (κ3) is 2.90. The zero-order valence-electron chi connectivity index (χ0n) is 11.1. The lowest BCUT2D eigenvalue weighted by Crippen LogP contribution is -2.05. The number of rotatable bonds is 2. The maximum Gasteiger partial charge on any atom is 0.194 e. The minimum Gasteiger partial charge on any atom is -0.289 e. The molecule has 19 heavy (non-hydrogen) atoms. The van der Waals surface area contributed by atoms with Gasteiger partial charge in [-0.3, -0.25) is 4.79 Å². The highest BCUT2D eigenvalue weighted by molar-refractivity contribution is 9.10. The Bertz CT molecular complexity index is 662. The van der Waals surface area contributed by atoms with E-state index < -0.39 is 0 Å². The van der Waals surface area contributed by atoms with E-state index >= 15 is 0 Å². The number of hydrogen-bond donors (Lipinski definition) is 0. The zero-order valence-corrected chi connectivity index (χ0v) is 13.4. The zero-order chi connectivity index (χ0) is 14.2. The van der Waals surface area contributed by atoms with E-state index in [2.05, 4.69) is 15.9 Å². The summed E-state index contributed by atoms with van der Waals surface area (Å²) in [6.45, 7) is 6.00. The average Bonchev–Trinajstić information content (AvgIpc) is 2.33. The van der Waals surface area contributed by atoms with Crippen molar-refractivity contribution in [1.29, 1.82) is 0 Å². The molecule has 2 rings (SSSR count). The van der Waals surface area contributed by atoms with E-state index in [4.69, 9.17) is 11.6 Å². The number of carbonyl (C=O) groups is 1. The SMILES string of the molecule is Cc1cc(C)c(C(=O)c2ccc(Br)cc2Cl)cc1C. The summed E-state index contributed by atoms with van der Waals surface area (Å²) >= 11 is 9.49. The molecule has 0 bridgehead atoms. The molecule has 98 valence electrons. The Morgan fingerprint density at radius 3 is 2.21 bits per heavy atom. The third-order valence-electron chi connectivity index (χ3n) is 3.26. The van der Waals surface area contributed by atoms with E-state index in [1.807, 2.05) is 39.0 Å². The Labute approximate surface area is 126 Å². The fourth-order valence-electron chi connectivity index (χ4n) is 2.02. The minimum absolute atomic E-state index is 0.0295. The first-order valence-corrected chi connectivity index (χ1v) is 7.15. The van der Waals surface area contributed by atoms with Crippen LogP contribution in [-0.2, 0) is 0 Å². The van der Waals surface area contributed by atoms with Crippen LogP contribution < -0.4 is 0 Å². The van der Waals surface area contributed by atoms with Gasteiger partial charge in [0.15, 0.2) is 5.78 Å². The van der Waals surface area contributed by atoms with Gasteiger partial charge in [0.05, 0.1) is 5.02 Å². The smallest absolute Gasteiger partial charge is 0.194 e. The molecule has 0 radical (unpaired) electrons. The van der Waals surface area contributed by atoms with Gasteiger partial charge in [-0.05, 0) is 61.7 Å². The first-order chi connectivity index (χ1) is 8.90. The quantitative estimate of drug-likeness (QED) is 0.683. The van der Waals surface area contributed by atoms with Crippen molar-refractivity contribution in [3.05, 3.63) is 67.6 Å². The lowest BCUT2D eigenvalue weighted by Gasteiger charge is -2.10. The second-order valence-corrected chi connectivity index (χ2v) is 6.03. The van der Waals surface area contributed by atoms with E-state index in [0.717, 1.165) is 15.6 Å². The number of carbonyl (C=O) groups excluding carboxylic acids is 1. The first-order valence-electron chi connectivity index (χ1n) is 5.97. The Balaban J connectivity index is 2.53. The number of benzene rings is 2. The van der Waals surface area contributed by atoms with Crippen molar-refractivity contribution in [3.63, 3.8) is 0 Å². The van der Waals surface area contributed by atoms with Crippen molar-refractivity contribution in [3.8, 4) is 0 Å². The molecule has 0 spiro atoms. The fraction of sp³-hybridized carbons (Fsp3) is 0.188. The van der Waals surface area contributed by atoms with Crippen LogP contribution in [0.25, 0.3) is 0 Å². The van der Waals surface area contributed by atoms with Gasteiger partial charge in [-0.2, -0.15) is 0 Å². The lowest BCUT2D eigenvalue weighted by molar-refractivity contribution is 0.103.